The number of carbonyl (C=O) groups excluding carboxylic acids is 4. The Balaban J connectivity index is 1.26. The van der Waals surface area contributed by atoms with Gasteiger partial charge in [0.25, 0.3) is 0 Å². The van der Waals surface area contributed by atoms with Gasteiger partial charge in [-0.05, 0) is 71.9 Å². The normalized spacial score (nSPS) is 39.1. The molecule has 536 valence electrons. The van der Waals surface area contributed by atoms with Gasteiger partial charge in [0.1, 0.15) is 67.1 Å². The van der Waals surface area contributed by atoms with Crippen LogP contribution < -0.4 is 0 Å². The molecule has 94 heavy (non-hydrogen) atoms. The molecular formula is C69H110O25. The van der Waals surface area contributed by atoms with E-state index in [4.69, 9.17) is 66.3 Å². The third-order valence-electron chi connectivity index (χ3n) is 18.6. The number of benzene rings is 1. The second-order valence-corrected chi connectivity index (χ2v) is 26.6. The Labute approximate surface area is 553 Å². The zero-order chi connectivity index (χ0) is 68.2. The van der Waals surface area contributed by atoms with Gasteiger partial charge < -0.3 is 102 Å². The van der Waals surface area contributed by atoms with E-state index < -0.39 is 183 Å². The Morgan fingerprint density at radius 3 is 1.74 bits per heavy atom. The van der Waals surface area contributed by atoms with Crippen LogP contribution in [0.4, 0.5) is 0 Å². The van der Waals surface area contributed by atoms with Gasteiger partial charge in [-0.3, -0.25) is 14.4 Å². The summed E-state index contributed by atoms with van der Waals surface area (Å²) in [7, 11) is 0. The average Bonchev–Trinajstić information content (AvgIpc) is 0.769. The molecule has 6 heterocycles. The largest absolute Gasteiger partial charge is 0.456 e. The monoisotopic (exact) mass is 1340 g/mol. The molecular weight excluding hydrogens is 1230 g/mol. The van der Waals surface area contributed by atoms with E-state index in [2.05, 4.69) is 13.8 Å². The fourth-order valence-electron chi connectivity index (χ4n) is 12.8. The number of esters is 4. The summed E-state index contributed by atoms with van der Waals surface area (Å²) in [4.78, 5) is 55.4. The number of carbonyl (C=O) groups is 4. The van der Waals surface area contributed by atoms with Crippen molar-refractivity contribution in [3.05, 3.63) is 42.0 Å². The van der Waals surface area contributed by atoms with Crippen LogP contribution in [0, 0.1) is 5.92 Å². The fraction of sp³-hybridized carbons (Fsp3) is 0.826. The van der Waals surface area contributed by atoms with Crippen molar-refractivity contribution < 1.29 is 121 Å². The van der Waals surface area contributed by atoms with Crippen molar-refractivity contribution in [1.29, 1.82) is 0 Å². The molecule has 0 spiro atoms. The van der Waals surface area contributed by atoms with Crippen LogP contribution in [0.3, 0.4) is 0 Å². The minimum atomic E-state index is -1.95. The summed E-state index contributed by atoms with van der Waals surface area (Å²) in [6.45, 7) is 15.0. The molecule has 0 amide bonds. The zero-order valence-electron chi connectivity index (χ0n) is 56.5. The second-order valence-electron chi connectivity index (χ2n) is 26.6. The first kappa shape index (κ1) is 77.5. The summed E-state index contributed by atoms with van der Waals surface area (Å²) in [5.41, 5.74) is 0.643. The third kappa shape index (κ3) is 21.8. The van der Waals surface area contributed by atoms with Gasteiger partial charge in [-0.2, -0.15) is 0 Å². The van der Waals surface area contributed by atoms with E-state index >= 15 is 0 Å². The molecule has 6 fully saturated rings. The first-order valence-corrected chi connectivity index (χ1v) is 34.9. The van der Waals surface area contributed by atoms with Crippen molar-refractivity contribution in [2.24, 2.45) is 5.92 Å². The van der Waals surface area contributed by atoms with Gasteiger partial charge in [-0.25, -0.2) is 4.79 Å². The molecule has 7 N–H and O–H groups in total. The molecule has 26 unspecified atom stereocenters. The highest BCUT2D eigenvalue weighted by atomic mass is 16.8. The molecule has 0 aliphatic carbocycles. The SMILES string of the molecule is CCCCCCCCCC(=O)OC1C(OC2C(C)OC3OC4C(OC(CCCCC)CCCCCCCCCC(=O)OC3C2O)OC(C)C(O)C4O)OC(C)C(OC2OC(C)C(OC(=O)C(C)C)C(O)C2OC(=O)C=Cc2ccccc2)C1OC1OC(C)C(O)C(O)C1O. The van der Waals surface area contributed by atoms with Crippen LogP contribution in [0.25, 0.3) is 6.08 Å². The van der Waals surface area contributed by atoms with Crippen LogP contribution in [0.15, 0.2) is 36.4 Å². The average molecular weight is 1340 g/mol. The molecule has 0 aromatic heterocycles. The van der Waals surface area contributed by atoms with Gasteiger partial charge in [0, 0.05) is 18.9 Å². The lowest BCUT2D eigenvalue weighted by molar-refractivity contribution is -0.399. The lowest BCUT2D eigenvalue weighted by atomic mass is 9.95. The molecule has 25 nitrogen and oxygen atoms in total. The predicted octanol–water partition coefficient (Wildman–Crippen LogP) is 6.42. The van der Waals surface area contributed by atoms with E-state index in [0.717, 1.165) is 96.0 Å². The van der Waals surface area contributed by atoms with Gasteiger partial charge in [-0.1, -0.05) is 154 Å². The van der Waals surface area contributed by atoms with Crippen molar-refractivity contribution in [3.8, 4) is 0 Å². The van der Waals surface area contributed by atoms with Crippen LogP contribution >= 0.6 is 0 Å². The summed E-state index contributed by atoms with van der Waals surface area (Å²) in [6, 6.07) is 8.84. The molecule has 6 aliphatic rings. The Morgan fingerprint density at radius 1 is 0.500 bits per heavy atom. The van der Waals surface area contributed by atoms with E-state index in [1.807, 2.05) is 0 Å². The Hall–Kier alpha value is -3.84. The highest BCUT2D eigenvalue weighted by Gasteiger charge is 2.59. The van der Waals surface area contributed by atoms with E-state index in [0.29, 0.717) is 37.7 Å². The third-order valence-corrected chi connectivity index (χ3v) is 18.6. The Morgan fingerprint density at radius 2 is 1.05 bits per heavy atom. The van der Waals surface area contributed by atoms with E-state index in [-0.39, 0.29) is 18.9 Å². The summed E-state index contributed by atoms with van der Waals surface area (Å²) >= 11 is 0. The van der Waals surface area contributed by atoms with Crippen LogP contribution in [0.1, 0.15) is 203 Å². The maximum Gasteiger partial charge on any atom is 0.331 e. The van der Waals surface area contributed by atoms with Gasteiger partial charge in [0.15, 0.2) is 55.9 Å². The maximum absolute atomic E-state index is 14.5. The number of fused-ring (bicyclic) bond motifs is 2. The summed E-state index contributed by atoms with van der Waals surface area (Å²) < 4.78 is 89.5. The molecule has 0 radical (unpaired) electrons. The van der Waals surface area contributed by atoms with Crippen molar-refractivity contribution in [3.63, 3.8) is 0 Å². The number of hydrogen-bond donors (Lipinski definition) is 7. The first-order valence-electron chi connectivity index (χ1n) is 34.9. The molecule has 0 bridgehead atoms. The van der Waals surface area contributed by atoms with Gasteiger partial charge >= 0.3 is 23.9 Å². The van der Waals surface area contributed by atoms with Crippen molar-refractivity contribution in [2.45, 2.75) is 357 Å². The highest BCUT2D eigenvalue weighted by Crippen LogP contribution is 2.40. The van der Waals surface area contributed by atoms with Crippen molar-refractivity contribution in [2.75, 3.05) is 0 Å². The highest BCUT2D eigenvalue weighted by molar-refractivity contribution is 5.87. The number of ether oxygens (including phenoxy) is 14. The number of rotatable bonds is 24. The topological polar surface area (TPSA) is 339 Å². The first-order chi connectivity index (χ1) is 45.0. The van der Waals surface area contributed by atoms with Crippen LogP contribution in [-0.2, 0) is 85.5 Å². The van der Waals surface area contributed by atoms with E-state index in [1.165, 1.54) is 33.8 Å². The lowest BCUT2D eigenvalue weighted by Gasteiger charge is -2.51. The number of hydrogen-bond acceptors (Lipinski definition) is 25. The Bertz CT molecular complexity index is 2440. The molecule has 6 saturated heterocycles. The van der Waals surface area contributed by atoms with Crippen molar-refractivity contribution in [1.82, 2.24) is 0 Å². The summed E-state index contributed by atoms with van der Waals surface area (Å²) in [6.07, 6.45) is -20.6. The molecule has 25 heteroatoms. The van der Waals surface area contributed by atoms with Crippen LogP contribution in [-0.4, -0.2) is 219 Å². The minimum Gasteiger partial charge on any atom is -0.456 e. The molecule has 0 saturated carbocycles. The van der Waals surface area contributed by atoms with Crippen LogP contribution in [0.5, 0.6) is 0 Å². The molecule has 26 atom stereocenters. The lowest BCUT2D eigenvalue weighted by Crippen LogP contribution is -2.68. The second kappa shape index (κ2) is 38.5. The Kier molecular flexibility index (Phi) is 31.7. The van der Waals surface area contributed by atoms with Gasteiger partial charge in [0.2, 0.25) is 0 Å². The van der Waals surface area contributed by atoms with E-state index in [9.17, 15) is 54.9 Å². The van der Waals surface area contributed by atoms with Crippen LogP contribution in [0.2, 0.25) is 0 Å². The molecule has 1 aromatic carbocycles. The minimum absolute atomic E-state index is 0.0395. The summed E-state index contributed by atoms with van der Waals surface area (Å²) in [5, 5.41) is 81.7. The zero-order valence-corrected chi connectivity index (χ0v) is 56.5. The standard InChI is InChI=1S/C69H110O25/c1-10-12-14-15-17-21-29-35-47(71)89-63-62(94-65-53(77)51(75)49(73)39(5)81-65)58(92-67-60(88-48(72)37-36-44-30-25-23-26-31-44)54(78)56(41(7)83-67)90-64(80)38(3)4)43(9)85-69(63)91-57-42(8)84-68-61(55(57)79)87-46(70)34-28-22-19-16-18-20-27-33-45(32-24-13-11-2)86-66-59(93-68)52(76)50(74)40(6)82-66/h23,25-26,30-31,36-43,45,49-63,65-69,73-79H,10-22,24,27-29,32-35H2,1-9H3. The number of aliphatic hydroxyl groups excluding tert-OH is 7. The van der Waals surface area contributed by atoms with E-state index in [1.54, 1.807) is 51.1 Å². The fourth-order valence-corrected chi connectivity index (χ4v) is 12.8. The molecule has 7 rings (SSSR count). The predicted molar refractivity (Wildman–Crippen MR) is 336 cm³/mol. The van der Waals surface area contributed by atoms with Gasteiger partial charge in [-0.15, -0.1) is 0 Å². The van der Waals surface area contributed by atoms with Crippen molar-refractivity contribution >= 4 is 30.0 Å². The number of unbranched alkanes of at least 4 members (excludes halogenated alkanes) is 8. The molecule has 1 aromatic rings. The number of aliphatic hydroxyl groups is 7. The molecule has 6 aliphatic heterocycles. The summed E-state index contributed by atoms with van der Waals surface area (Å²) in [5.74, 6) is -3.76. The maximum atomic E-state index is 14.5. The quantitative estimate of drug-likeness (QED) is 0.0254. The smallest absolute Gasteiger partial charge is 0.331 e. The van der Waals surface area contributed by atoms with Gasteiger partial charge in [0.05, 0.1) is 42.5 Å².